The SMILES string of the molecule is CCS(=O)(=O)Nc1ccc(Oc2ccc(F)cc2F)c(-c2cn(C)c(=O)c3[nH]c(C(=O)NC(C)C)cc23)c1. The van der Waals surface area contributed by atoms with E-state index in [1.54, 1.807) is 13.8 Å². The second-order valence-electron chi connectivity index (χ2n) is 8.95. The highest BCUT2D eigenvalue weighted by Crippen LogP contribution is 2.39. The predicted molar refractivity (Wildman–Crippen MR) is 141 cm³/mol. The molecule has 200 valence electrons. The number of anilines is 1. The first-order chi connectivity index (χ1) is 17.9. The van der Waals surface area contributed by atoms with Crippen molar-refractivity contribution in [1.82, 2.24) is 14.9 Å². The summed E-state index contributed by atoms with van der Waals surface area (Å²) in [6, 6.07) is 8.55. The second-order valence-corrected chi connectivity index (χ2v) is 11.0. The molecule has 0 spiro atoms. The van der Waals surface area contributed by atoms with Gasteiger partial charge in [0.15, 0.2) is 11.6 Å². The van der Waals surface area contributed by atoms with Crippen molar-refractivity contribution in [3.8, 4) is 22.6 Å². The molecule has 38 heavy (non-hydrogen) atoms. The number of nitrogens with one attached hydrogen (secondary N) is 3. The summed E-state index contributed by atoms with van der Waals surface area (Å²) in [6.07, 6.45) is 1.50. The average Bonchev–Trinajstić information content (AvgIpc) is 3.29. The van der Waals surface area contributed by atoms with Crippen LogP contribution < -0.4 is 20.3 Å². The van der Waals surface area contributed by atoms with E-state index < -0.39 is 33.1 Å². The van der Waals surface area contributed by atoms with Crippen molar-refractivity contribution >= 4 is 32.5 Å². The first-order valence-corrected chi connectivity index (χ1v) is 13.3. The fraction of sp³-hybridized carbons (Fsp3) is 0.231. The number of ether oxygens (including phenoxy) is 1. The number of fused-ring (bicyclic) bond motifs is 1. The summed E-state index contributed by atoms with van der Waals surface area (Å²) in [5, 5.41) is 3.12. The van der Waals surface area contributed by atoms with Crippen LogP contribution in [-0.4, -0.2) is 35.7 Å². The number of benzene rings is 2. The van der Waals surface area contributed by atoms with E-state index in [0.29, 0.717) is 22.6 Å². The summed E-state index contributed by atoms with van der Waals surface area (Å²) >= 11 is 0. The maximum Gasteiger partial charge on any atom is 0.274 e. The van der Waals surface area contributed by atoms with E-state index in [0.717, 1.165) is 12.1 Å². The molecule has 4 aromatic rings. The number of carbonyl (C=O) groups is 1. The molecule has 0 aliphatic carbocycles. The van der Waals surface area contributed by atoms with Crippen LogP contribution in [0.3, 0.4) is 0 Å². The van der Waals surface area contributed by atoms with Crippen molar-refractivity contribution in [3.05, 3.63) is 76.3 Å². The van der Waals surface area contributed by atoms with Crippen LogP contribution in [0.25, 0.3) is 22.0 Å². The molecule has 0 radical (unpaired) electrons. The number of amides is 1. The van der Waals surface area contributed by atoms with Crippen molar-refractivity contribution in [2.24, 2.45) is 7.05 Å². The Morgan fingerprint density at radius 2 is 1.79 bits per heavy atom. The van der Waals surface area contributed by atoms with Crippen LogP contribution in [0, 0.1) is 11.6 Å². The molecule has 0 fully saturated rings. The van der Waals surface area contributed by atoms with E-state index in [2.05, 4.69) is 15.0 Å². The van der Waals surface area contributed by atoms with Gasteiger partial charge in [-0.1, -0.05) is 0 Å². The van der Waals surface area contributed by atoms with Crippen molar-refractivity contribution < 1.29 is 26.7 Å². The summed E-state index contributed by atoms with van der Waals surface area (Å²) in [5.41, 5.74) is 0.772. The molecule has 0 saturated carbocycles. The van der Waals surface area contributed by atoms with E-state index >= 15 is 0 Å². The Morgan fingerprint density at radius 1 is 1.08 bits per heavy atom. The highest BCUT2D eigenvalue weighted by molar-refractivity contribution is 7.92. The maximum absolute atomic E-state index is 14.4. The Balaban J connectivity index is 1.95. The molecule has 9 nitrogen and oxygen atoms in total. The van der Waals surface area contributed by atoms with Crippen LogP contribution in [0.2, 0.25) is 0 Å². The van der Waals surface area contributed by atoms with Gasteiger partial charge in [0.1, 0.15) is 22.8 Å². The molecule has 1 amide bonds. The fourth-order valence-corrected chi connectivity index (χ4v) is 4.46. The molecular weight excluding hydrogens is 518 g/mol. The lowest BCUT2D eigenvalue weighted by Gasteiger charge is -2.16. The lowest BCUT2D eigenvalue weighted by Crippen LogP contribution is -2.30. The molecule has 0 aliphatic heterocycles. The van der Waals surface area contributed by atoms with E-state index in [-0.39, 0.29) is 40.2 Å². The van der Waals surface area contributed by atoms with Crippen LogP contribution in [-0.2, 0) is 17.1 Å². The van der Waals surface area contributed by atoms with E-state index in [1.165, 1.54) is 49.0 Å². The number of hydrogen-bond donors (Lipinski definition) is 3. The van der Waals surface area contributed by atoms with Crippen LogP contribution in [0.15, 0.2) is 53.5 Å². The van der Waals surface area contributed by atoms with Crippen molar-refractivity contribution in [2.45, 2.75) is 26.8 Å². The zero-order valence-corrected chi connectivity index (χ0v) is 21.9. The number of sulfonamides is 1. The first kappa shape index (κ1) is 26.9. The number of hydrogen-bond acceptors (Lipinski definition) is 5. The number of H-pyrrole nitrogens is 1. The third kappa shape index (κ3) is 5.54. The summed E-state index contributed by atoms with van der Waals surface area (Å²) in [4.78, 5) is 28.4. The lowest BCUT2D eigenvalue weighted by atomic mass is 10.0. The molecule has 0 aliphatic rings. The van der Waals surface area contributed by atoms with Gasteiger partial charge in [0.25, 0.3) is 11.5 Å². The summed E-state index contributed by atoms with van der Waals surface area (Å²) in [5.74, 6) is -2.47. The molecular formula is C26H26F2N4O5S. The minimum atomic E-state index is -3.64. The van der Waals surface area contributed by atoms with Crippen molar-refractivity contribution in [3.63, 3.8) is 0 Å². The van der Waals surface area contributed by atoms with E-state index in [1.807, 2.05) is 0 Å². The minimum Gasteiger partial charge on any atom is -0.454 e. The molecule has 0 saturated heterocycles. The Labute approximate surface area is 217 Å². The molecule has 4 rings (SSSR count). The Kier molecular flexibility index (Phi) is 7.27. The molecule has 12 heteroatoms. The number of halogens is 2. The summed E-state index contributed by atoms with van der Waals surface area (Å²) in [7, 11) is -2.12. The van der Waals surface area contributed by atoms with E-state index in [4.69, 9.17) is 4.74 Å². The van der Waals surface area contributed by atoms with Crippen molar-refractivity contribution in [2.75, 3.05) is 10.5 Å². The van der Waals surface area contributed by atoms with E-state index in [9.17, 15) is 26.8 Å². The standard InChI is InChI=1S/C26H26F2N4O5S/c1-5-38(35,36)31-16-7-9-22(37-23-8-6-15(27)10-20(23)28)17(11-16)19-13-32(4)26(34)24-18(19)12-21(30-24)25(33)29-14(2)3/h6-14,30-31H,5H2,1-4H3,(H,29,33). The average molecular weight is 545 g/mol. The monoisotopic (exact) mass is 544 g/mol. The molecule has 3 N–H and O–H groups in total. The smallest absolute Gasteiger partial charge is 0.274 e. The van der Waals surface area contributed by atoms with Crippen LogP contribution in [0.5, 0.6) is 11.5 Å². The Bertz CT molecular complexity index is 1710. The third-order valence-electron chi connectivity index (χ3n) is 5.67. The number of aromatic amines is 1. The van der Waals surface area contributed by atoms with Gasteiger partial charge in [-0.25, -0.2) is 17.2 Å². The number of aryl methyl sites for hydroxylation is 1. The zero-order chi connectivity index (χ0) is 27.8. The number of pyridine rings is 1. The number of rotatable bonds is 8. The topological polar surface area (TPSA) is 122 Å². The molecule has 0 unspecified atom stereocenters. The lowest BCUT2D eigenvalue weighted by molar-refractivity contribution is 0.0939. The minimum absolute atomic E-state index is 0.101. The fourth-order valence-electron chi connectivity index (χ4n) is 3.83. The number of nitrogens with zero attached hydrogens (tertiary/aromatic N) is 1. The quantitative estimate of drug-likeness (QED) is 0.301. The summed E-state index contributed by atoms with van der Waals surface area (Å²) < 4.78 is 61.9. The van der Waals surface area contributed by atoms with Gasteiger partial charge in [0.2, 0.25) is 10.0 Å². The Hall–Kier alpha value is -4.19. The van der Waals surface area contributed by atoms with Gasteiger partial charge in [-0.2, -0.15) is 0 Å². The van der Waals surface area contributed by atoms with Gasteiger partial charge in [-0.3, -0.25) is 14.3 Å². The largest absolute Gasteiger partial charge is 0.454 e. The van der Waals surface area contributed by atoms with Gasteiger partial charge in [0.05, 0.1) is 5.75 Å². The summed E-state index contributed by atoms with van der Waals surface area (Å²) in [6.45, 7) is 5.08. The van der Waals surface area contributed by atoms with Gasteiger partial charge in [-0.05, 0) is 57.2 Å². The molecule has 2 heterocycles. The van der Waals surface area contributed by atoms with Crippen LogP contribution in [0.4, 0.5) is 14.5 Å². The first-order valence-electron chi connectivity index (χ1n) is 11.7. The van der Waals surface area contributed by atoms with Gasteiger partial charge in [-0.15, -0.1) is 0 Å². The van der Waals surface area contributed by atoms with Crippen LogP contribution >= 0.6 is 0 Å². The van der Waals surface area contributed by atoms with Crippen molar-refractivity contribution in [1.29, 1.82) is 0 Å². The van der Waals surface area contributed by atoms with Crippen LogP contribution in [0.1, 0.15) is 31.3 Å². The third-order valence-corrected chi connectivity index (χ3v) is 6.97. The predicted octanol–water partition coefficient (Wildman–Crippen LogP) is 4.50. The number of aromatic nitrogens is 2. The van der Waals surface area contributed by atoms with Gasteiger partial charge < -0.3 is 19.6 Å². The molecule has 2 aromatic carbocycles. The normalized spacial score (nSPS) is 11.7. The molecule has 0 bridgehead atoms. The second kappa shape index (κ2) is 10.3. The Morgan fingerprint density at radius 3 is 2.45 bits per heavy atom. The highest BCUT2D eigenvalue weighted by Gasteiger charge is 2.21. The maximum atomic E-state index is 14.4. The zero-order valence-electron chi connectivity index (χ0n) is 21.1. The molecule has 2 aromatic heterocycles. The van der Waals surface area contributed by atoms with Gasteiger partial charge >= 0.3 is 0 Å². The number of carbonyl (C=O) groups excluding carboxylic acids is 1. The van der Waals surface area contributed by atoms with Gasteiger partial charge in [0, 0.05) is 47.6 Å². The highest BCUT2D eigenvalue weighted by atomic mass is 32.2. The molecule has 0 atom stereocenters.